The van der Waals surface area contributed by atoms with E-state index in [4.69, 9.17) is 11.6 Å². The largest absolute Gasteiger partial charge is 0.240 e. The SMILES string of the molecule is C[n+]1ccccc1SCc1ccc(Cl)cc1. The van der Waals surface area contributed by atoms with Gasteiger partial charge in [0.15, 0.2) is 6.20 Å². The Morgan fingerprint density at radius 2 is 1.88 bits per heavy atom. The predicted octanol–water partition coefficient (Wildman–Crippen LogP) is 3.46. The van der Waals surface area contributed by atoms with Gasteiger partial charge in [0.1, 0.15) is 7.05 Å². The molecule has 0 atom stereocenters. The van der Waals surface area contributed by atoms with E-state index < -0.39 is 0 Å². The number of aromatic nitrogens is 1. The lowest BCUT2D eigenvalue weighted by Gasteiger charge is -2.00. The number of hydrogen-bond donors (Lipinski definition) is 0. The molecule has 3 heteroatoms. The van der Waals surface area contributed by atoms with Crippen molar-refractivity contribution in [2.45, 2.75) is 10.8 Å². The second-order valence-electron chi connectivity index (χ2n) is 3.56. The first kappa shape index (κ1) is 11.5. The number of thioether (sulfide) groups is 1. The highest BCUT2D eigenvalue weighted by molar-refractivity contribution is 7.98. The molecule has 16 heavy (non-hydrogen) atoms. The Morgan fingerprint density at radius 1 is 1.12 bits per heavy atom. The van der Waals surface area contributed by atoms with E-state index in [1.807, 2.05) is 30.0 Å². The first-order valence-corrected chi connectivity index (χ1v) is 6.44. The summed E-state index contributed by atoms with van der Waals surface area (Å²) in [4.78, 5) is 0. The molecule has 0 aliphatic carbocycles. The summed E-state index contributed by atoms with van der Waals surface area (Å²) in [6, 6.07) is 14.2. The Balaban J connectivity index is 2.02. The second-order valence-corrected chi connectivity index (χ2v) is 5.00. The molecule has 0 fully saturated rings. The van der Waals surface area contributed by atoms with E-state index in [0.29, 0.717) is 0 Å². The minimum atomic E-state index is 0.791. The molecule has 1 heterocycles. The van der Waals surface area contributed by atoms with Gasteiger partial charge in [-0.3, -0.25) is 0 Å². The number of rotatable bonds is 3. The van der Waals surface area contributed by atoms with Crippen molar-refractivity contribution in [1.82, 2.24) is 0 Å². The molecule has 1 nitrogen and oxygen atoms in total. The Hall–Kier alpha value is -0.990. The summed E-state index contributed by atoms with van der Waals surface area (Å²) in [5.41, 5.74) is 1.29. The molecular formula is C13H13ClNS+. The number of hydrogen-bond acceptors (Lipinski definition) is 1. The Bertz CT molecular complexity index is 468. The Labute approximate surface area is 105 Å². The van der Waals surface area contributed by atoms with Gasteiger partial charge in [-0.05, 0) is 23.8 Å². The fourth-order valence-electron chi connectivity index (χ4n) is 1.40. The zero-order valence-corrected chi connectivity index (χ0v) is 10.6. The summed E-state index contributed by atoms with van der Waals surface area (Å²) >= 11 is 7.67. The van der Waals surface area contributed by atoms with Gasteiger partial charge in [0.25, 0.3) is 0 Å². The maximum absolute atomic E-state index is 5.84. The van der Waals surface area contributed by atoms with Crippen LogP contribution in [0.5, 0.6) is 0 Å². The Kier molecular flexibility index (Phi) is 3.86. The van der Waals surface area contributed by atoms with Crippen molar-refractivity contribution < 1.29 is 4.57 Å². The highest BCUT2D eigenvalue weighted by Gasteiger charge is 2.05. The van der Waals surface area contributed by atoms with Crippen LogP contribution in [0.4, 0.5) is 0 Å². The van der Waals surface area contributed by atoms with Crippen LogP contribution in [0.25, 0.3) is 0 Å². The van der Waals surface area contributed by atoms with Crippen LogP contribution < -0.4 is 4.57 Å². The molecule has 0 bridgehead atoms. The van der Waals surface area contributed by atoms with Crippen LogP contribution in [-0.4, -0.2) is 0 Å². The standard InChI is InChI=1S/C13H13ClNS/c1-15-9-3-2-4-13(15)16-10-11-5-7-12(14)8-6-11/h2-9H,10H2,1H3/q+1. The summed E-state index contributed by atoms with van der Waals surface area (Å²) in [6.45, 7) is 0. The number of aryl methyl sites for hydroxylation is 1. The third-order valence-corrected chi connectivity index (χ3v) is 3.76. The van der Waals surface area contributed by atoms with Gasteiger partial charge >= 0.3 is 0 Å². The number of pyridine rings is 1. The van der Waals surface area contributed by atoms with E-state index in [0.717, 1.165) is 10.8 Å². The van der Waals surface area contributed by atoms with E-state index in [1.165, 1.54) is 10.6 Å². The second kappa shape index (κ2) is 5.37. The molecule has 1 aromatic carbocycles. The molecule has 0 radical (unpaired) electrons. The van der Waals surface area contributed by atoms with Crippen LogP contribution in [0.3, 0.4) is 0 Å². The molecule has 0 saturated carbocycles. The van der Waals surface area contributed by atoms with Crippen LogP contribution in [-0.2, 0) is 12.8 Å². The molecule has 0 amide bonds. The van der Waals surface area contributed by atoms with Crippen LogP contribution in [0.15, 0.2) is 53.7 Å². The fourth-order valence-corrected chi connectivity index (χ4v) is 2.47. The van der Waals surface area contributed by atoms with Crippen molar-refractivity contribution in [2.75, 3.05) is 0 Å². The van der Waals surface area contributed by atoms with E-state index in [9.17, 15) is 0 Å². The van der Waals surface area contributed by atoms with Gasteiger partial charge in [0.2, 0.25) is 5.03 Å². The minimum Gasteiger partial charge on any atom is -0.196 e. The van der Waals surface area contributed by atoms with Crippen LogP contribution in [0, 0.1) is 0 Å². The molecule has 1 aromatic heterocycles. The van der Waals surface area contributed by atoms with Crippen LogP contribution in [0.2, 0.25) is 5.02 Å². The quantitative estimate of drug-likeness (QED) is 0.596. The van der Waals surface area contributed by atoms with Crippen LogP contribution in [0.1, 0.15) is 5.56 Å². The van der Waals surface area contributed by atoms with Gasteiger partial charge in [-0.1, -0.05) is 35.5 Å². The number of halogens is 1. The average molecular weight is 251 g/mol. The van der Waals surface area contributed by atoms with Gasteiger partial charge in [-0.2, -0.15) is 4.57 Å². The normalized spacial score (nSPS) is 10.4. The summed E-state index contributed by atoms with van der Waals surface area (Å²) in [7, 11) is 2.06. The van der Waals surface area contributed by atoms with Crippen molar-refractivity contribution in [1.29, 1.82) is 0 Å². The molecule has 0 spiro atoms. The van der Waals surface area contributed by atoms with Crippen LogP contribution >= 0.6 is 23.4 Å². The predicted molar refractivity (Wildman–Crippen MR) is 68.6 cm³/mol. The molecule has 0 N–H and O–H groups in total. The number of benzene rings is 1. The molecule has 82 valence electrons. The van der Waals surface area contributed by atoms with Gasteiger partial charge in [-0.25, -0.2) is 0 Å². The van der Waals surface area contributed by atoms with E-state index >= 15 is 0 Å². The van der Waals surface area contributed by atoms with Gasteiger partial charge in [0.05, 0.1) is 0 Å². The minimum absolute atomic E-state index is 0.791. The molecule has 0 saturated heterocycles. The number of nitrogens with zero attached hydrogens (tertiary/aromatic N) is 1. The van der Waals surface area contributed by atoms with Crippen molar-refractivity contribution in [3.8, 4) is 0 Å². The maximum atomic E-state index is 5.84. The third-order valence-electron chi connectivity index (χ3n) is 2.31. The maximum Gasteiger partial charge on any atom is 0.240 e. The molecule has 2 aromatic rings. The van der Waals surface area contributed by atoms with Gasteiger partial charge in [0, 0.05) is 22.9 Å². The lowest BCUT2D eigenvalue weighted by atomic mass is 10.2. The van der Waals surface area contributed by atoms with Crippen molar-refractivity contribution in [2.24, 2.45) is 7.05 Å². The summed E-state index contributed by atoms with van der Waals surface area (Å²) in [5.74, 6) is 0.967. The zero-order valence-electron chi connectivity index (χ0n) is 9.06. The van der Waals surface area contributed by atoms with Crippen molar-refractivity contribution in [3.63, 3.8) is 0 Å². The lowest BCUT2D eigenvalue weighted by molar-refractivity contribution is -0.708. The topological polar surface area (TPSA) is 3.88 Å². The highest BCUT2D eigenvalue weighted by atomic mass is 35.5. The first-order chi connectivity index (χ1) is 7.75. The molecule has 0 aliphatic rings. The Morgan fingerprint density at radius 3 is 2.56 bits per heavy atom. The summed E-state index contributed by atoms with van der Waals surface area (Å²) in [5, 5.41) is 2.05. The average Bonchev–Trinajstić information content (AvgIpc) is 2.30. The van der Waals surface area contributed by atoms with Gasteiger partial charge in [-0.15, -0.1) is 0 Å². The lowest BCUT2D eigenvalue weighted by Crippen LogP contribution is -2.29. The zero-order chi connectivity index (χ0) is 11.4. The van der Waals surface area contributed by atoms with E-state index in [1.54, 1.807) is 0 Å². The molecular weight excluding hydrogens is 238 g/mol. The molecule has 0 unspecified atom stereocenters. The molecule has 0 aliphatic heterocycles. The smallest absolute Gasteiger partial charge is 0.196 e. The third kappa shape index (κ3) is 3.00. The molecule has 2 rings (SSSR count). The van der Waals surface area contributed by atoms with Crippen molar-refractivity contribution in [3.05, 3.63) is 59.2 Å². The highest BCUT2D eigenvalue weighted by Crippen LogP contribution is 2.20. The first-order valence-electron chi connectivity index (χ1n) is 5.07. The monoisotopic (exact) mass is 250 g/mol. The fraction of sp³-hybridized carbons (Fsp3) is 0.154. The van der Waals surface area contributed by atoms with Crippen molar-refractivity contribution >= 4 is 23.4 Å². The van der Waals surface area contributed by atoms with E-state index in [2.05, 4.69) is 42.1 Å². The summed E-state index contributed by atoms with van der Waals surface area (Å²) < 4.78 is 2.13. The summed E-state index contributed by atoms with van der Waals surface area (Å²) in [6.07, 6.45) is 2.06. The van der Waals surface area contributed by atoms with Gasteiger partial charge < -0.3 is 0 Å². The van der Waals surface area contributed by atoms with E-state index in [-0.39, 0.29) is 0 Å².